The van der Waals surface area contributed by atoms with Crippen molar-refractivity contribution in [1.29, 1.82) is 0 Å². The van der Waals surface area contributed by atoms with Gasteiger partial charge in [0.15, 0.2) is 0 Å². The highest BCUT2D eigenvalue weighted by atomic mass is 16.2. The van der Waals surface area contributed by atoms with E-state index in [9.17, 15) is 9.59 Å². The van der Waals surface area contributed by atoms with Crippen molar-refractivity contribution in [2.24, 2.45) is 0 Å². The summed E-state index contributed by atoms with van der Waals surface area (Å²) >= 11 is 0. The molecule has 0 aliphatic heterocycles. The van der Waals surface area contributed by atoms with Crippen LogP contribution in [0.15, 0.2) is 24.3 Å². The van der Waals surface area contributed by atoms with Crippen molar-refractivity contribution >= 4 is 17.5 Å². The second-order valence-electron chi connectivity index (χ2n) is 4.43. The van der Waals surface area contributed by atoms with Crippen molar-refractivity contribution in [3.63, 3.8) is 0 Å². The predicted molar refractivity (Wildman–Crippen MR) is 65.6 cm³/mol. The Labute approximate surface area is 100 Å². The molecule has 2 N–H and O–H groups in total. The molecule has 0 bridgehead atoms. The summed E-state index contributed by atoms with van der Waals surface area (Å²) in [7, 11) is 0. The molecule has 0 heterocycles. The van der Waals surface area contributed by atoms with Gasteiger partial charge in [0.2, 0.25) is 11.8 Å². The Morgan fingerprint density at radius 1 is 1.18 bits per heavy atom. The minimum absolute atomic E-state index is 0.107. The third-order valence-corrected chi connectivity index (χ3v) is 2.60. The van der Waals surface area contributed by atoms with E-state index in [1.54, 1.807) is 0 Å². The molecule has 0 aromatic heterocycles. The summed E-state index contributed by atoms with van der Waals surface area (Å²) in [5, 5.41) is 5.47. The van der Waals surface area contributed by atoms with Crippen molar-refractivity contribution in [2.75, 3.05) is 5.32 Å². The summed E-state index contributed by atoms with van der Waals surface area (Å²) in [6.07, 6.45) is 1.96. The molecule has 1 aliphatic rings. The normalized spacial score (nSPS) is 14.2. The van der Waals surface area contributed by atoms with Crippen molar-refractivity contribution in [3.05, 3.63) is 29.8 Å². The maximum Gasteiger partial charge on any atom is 0.233 e. The number of carbonyl (C=O) groups is 2. The van der Waals surface area contributed by atoms with Crippen molar-refractivity contribution in [2.45, 2.75) is 32.2 Å². The van der Waals surface area contributed by atoms with Crippen molar-refractivity contribution in [3.8, 4) is 0 Å². The fraction of sp³-hybridized carbons (Fsp3) is 0.385. The van der Waals surface area contributed by atoms with E-state index in [4.69, 9.17) is 0 Å². The standard InChI is InChI=1S/C13H16N2O2/c1-9-2-4-10(5-3-9)14-12(16)8-13(17)15-11-6-7-11/h2-5,11H,6-8H2,1H3,(H,14,16)(H,15,17). The van der Waals surface area contributed by atoms with Gasteiger partial charge >= 0.3 is 0 Å². The first-order valence-electron chi connectivity index (χ1n) is 5.79. The smallest absolute Gasteiger partial charge is 0.233 e. The summed E-state index contributed by atoms with van der Waals surface area (Å²) in [5.41, 5.74) is 1.86. The molecule has 0 unspecified atom stereocenters. The lowest BCUT2D eigenvalue weighted by atomic mass is 10.2. The molecule has 1 saturated carbocycles. The van der Waals surface area contributed by atoms with Crippen LogP contribution in [-0.2, 0) is 9.59 Å². The molecule has 1 aliphatic carbocycles. The minimum atomic E-state index is -0.271. The van der Waals surface area contributed by atoms with Crippen LogP contribution in [0.5, 0.6) is 0 Å². The van der Waals surface area contributed by atoms with Gasteiger partial charge in [0.05, 0.1) is 0 Å². The van der Waals surface area contributed by atoms with Crippen LogP contribution in [0.4, 0.5) is 5.69 Å². The molecule has 0 atom stereocenters. The first-order valence-corrected chi connectivity index (χ1v) is 5.79. The monoisotopic (exact) mass is 232 g/mol. The topological polar surface area (TPSA) is 58.2 Å². The van der Waals surface area contributed by atoms with Crippen LogP contribution in [0.3, 0.4) is 0 Å². The van der Waals surface area contributed by atoms with Gasteiger partial charge in [0, 0.05) is 11.7 Å². The van der Waals surface area contributed by atoms with Gasteiger partial charge in [0.25, 0.3) is 0 Å². The zero-order chi connectivity index (χ0) is 12.3. The van der Waals surface area contributed by atoms with Crippen molar-refractivity contribution < 1.29 is 9.59 Å². The SMILES string of the molecule is Cc1ccc(NC(=O)CC(=O)NC2CC2)cc1. The lowest BCUT2D eigenvalue weighted by molar-refractivity contribution is -0.126. The van der Waals surface area contributed by atoms with E-state index >= 15 is 0 Å². The summed E-state index contributed by atoms with van der Waals surface area (Å²) in [6.45, 7) is 1.98. The molecule has 1 aromatic rings. The highest BCUT2D eigenvalue weighted by Crippen LogP contribution is 2.18. The van der Waals surface area contributed by atoms with E-state index in [2.05, 4.69) is 10.6 Å². The molecule has 0 spiro atoms. The Bertz CT molecular complexity index is 422. The third kappa shape index (κ3) is 3.90. The lowest BCUT2D eigenvalue weighted by Gasteiger charge is -2.05. The van der Waals surface area contributed by atoms with Crippen molar-refractivity contribution in [1.82, 2.24) is 5.32 Å². The number of nitrogens with one attached hydrogen (secondary N) is 2. The van der Waals surface area contributed by atoms with E-state index in [0.29, 0.717) is 6.04 Å². The summed E-state index contributed by atoms with van der Waals surface area (Å²) in [4.78, 5) is 22.9. The molecule has 2 amide bonds. The molecule has 1 fully saturated rings. The zero-order valence-corrected chi connectivity index (χ0v) is 9.82. The van der Waals surface area contributed by atoms with Crippen LogP contribution in [0.1, 0.15) is 24.8 Å². The van der Waals surface area contributed by atoms with Gasteiger partial charge in [0.1, 0.15) is 6.42 Å². The molecule has 4 heteroatoms. The van der Waals surface area contributed by atoms with Gasteiger partial charge in [-0.3, -0.25) is 9.59 Å². The number of hydrogen-bond acceptors (Lipinski definition) is 2. The summed E-state index contributed by atoms with van der Waals surface area (Å²) < 4.78 is 0. The average Bonchev–Trinajstić information content (AvgIpc) is 3.05. The Morgan fingerprint density at radius 3 is 2.41 bits per heavy atom. The number of hydrogen-bond donors (Lipinski definition) is 2. The Hall–Kier alpha value is -1.84. The maximum absolute atomic E-state index is 11.5. The van der Waals surface area contributed by atoms with E-state index < -0.39 is 0 Å². The fourth-order valence-electron chi connectivity index (χ4n) is 1.49. The molecule has 2 rings (SSSR count). The molecular weight excluding hydrogens is 216 g/mol. The predicted octanol–water partition coefficient (Wildman–Crippen LogP) is 1.60. The van der Waals surface area contributed by atoms with E-state index in [1.165, 1.54) is 0 Å². The fourth-order valence-corrected chi connectivity index (χ4v) is 1.49. The third-order valence-electron chi connectivity index (χ3n) is 2.60. The molecule has 17 heavy (non-hydrogen) atoms. The zero-order valence-electron chi connectivity index (χ0n) is 9.82. The first-order chi connectivity index (χ1) is 8.13. The van der Waals surface area contributed by atoms with Crippen LogP contribution < -0.4 is 10.6 Å². The largest absolute Gasteiger partial charge is 0.353 e. The average molecular weight is 232 g/mol. The Morgan fingerprint density at radius 2 is 1.82 bits per heavy atom. The molecule has 4 nitrogen and oxygen atoms in total. The lowest BCUT2D eigenvalue weighted by Crippen LogP contribution is -2.29. The Kier molecular flexibility index (Phi) is 3.42. The molecule has 0 saturated heterocycles. The highest BCUT2D eigenvalue weighted by molar-refractivity contribution is 6.03. The number of benzene rings is 1. The molecular formula is C13H16N2O2. The molecule has 90 valence electrons. The quantitative estimate of drug-likeness (QED) is 0.775. The highest BCUT2D eigenvalue weighted by Gasteiger charge is 2.23. The van der Waals surface area contributed by atoms with Gasteiger partial charge in [-0.05, 0) is 31.9 Å². The number of aryl methyl sites for hydroxylation is 1. The number of rotatable bonds is 4. The van der Waals surface area contributed by atoms with Gasteiger partial charge in [-0.1, -0.05) is 17.7 Å². The van der Waals surface area contributed by atoms with E-state index in [-0.39, 0.29) is 18.2 Å². The molecule has 1 aromatic carbocycles. The molecule has 0 radical (unpaired) electrons. The van der Waals surface area contributed by atoms with Crippen LogP contribution in [0.2, 0.25) is 0 Å². The van der Waals surface area contributed by atoms with Crippen LogP contribution in [0.25, 0.3) is 0 Å². The maximum atomic E-state index is 11.5. The van der Waals surface area contributed by atoms with Crippen LogP contribution >= 0.6 is 0 Å². The summed E-state index contributed by atoms with van der Waals surface area (Å²) in [6, 6.07) is 7.78. The van der Waals surface area contributed by atoms with Gasteiger partial charge in [-0.15, -0.1) is 0 Å². The second-order valence-corrected chi connectivity index (χ2v) is 4.43. The van der Waals surface area contributed by atoms with E-state index in [0.717, 1.165) is 24.1 Å². The van der Waals surface area contributed by atoms with Gasteiger partial charge in [-0.25, -0.2) is 0 Å². The number of anilines is 1. The second kappa shape index (κ2) is 4.99. The Balaban J connectivity index is 1.79. The first kappa shape index (κ1) is 11.6. The van der Waals surface area contributed by atoms with E-state index in [1.807, 2.05) is 31.2 Å². The van der Waals surface area contributed by atoms with Gasteiger partial charge in [-0.2, -0.15) is 0 Å². The van der Waals surface area contributed by atoms with Crippen LogP contribution in [-0.4, -0.2) is 17.9 Å². The van der Waals surface area contributed by atoms with Gasteiger partial charge < -0.3 is 10.6 Å². The van der Waals surface area contributed by atoms with Crippen LogP contribution in [0, 0.1) is 6.92 Å². The summed E-state index contributed by atoms with van der Waals surface area (Å²) in [5.74, 6) is -0.468. The number of carbonyl (C=O) groups excluding carboxylic acids is 2. The minimum Gasteiger partial charge on any atom is -0.353 e. The number of amides is 2.